The van der Waals surface area contributed by atoms with Gasteiger partial charge in [0.15, 0.2) is 5.78 Å². The van der Waals surface area contributed by atoms with Crippen molar-refractivity contribution in [3.8, 4) is 0 Å². The van der Waals surface area contributed by atoms with Crippen LogP contribution in [-0.4, -0.2) is 29.9 Å². The Morgan fingerprint density at radius 2 is 1.59 bits per heavy atom. The molecule has 0 aromatic heterocycles. The fourth-order valence-corrected chi connectivity index (χ4v) is 3.04. The van der Waals surface area contributed by atoms with E-state index in [1.54, 1.807) is 42.5 Å². The van der Waals surface area contributed by atoms with E-state index >= 15 is 0 Å². The summed E-state index contributed by atoms with van der Waals surface area (Å²) >= 11 is 6.06. The number of aliphatic hydroxyl groups excluding tert-OH is 1. The van der Waals surface area contributed by atoms with Crippen LogP contribution in [0.3, 0.4) is 0 Å². The molecule has 1 unspecified atom stereocenters. The van der Waals surface area contributed by atoms with Gasteiger partial charge in [0.2, 0.25) is 5.91 Å². The highest BCUT2D eigenvalue weighted by Gasteiger charge is 2.16. The molecule has 1 atom stereocenters. The monoisotopic (exact) mass is 408 g/mol. The van der Waals surface area contributed by atoms with Crippen molar-refractivity contribution in [1.82, 2.24) is 5.32 Å². The van der Waals surface area contributed by atoms with E-state index in [1.165, 1.54) is 0 Å². The van der Waals surface area contributed by atoms with Crippen LogP contribution >= 0.6 is 11.6 Å². The number of carbonyl (C=O) groups excluding carboxylic acids is 2. The molecule has 0 bridgehead atoms. The molecule has 3 aromatic carbocycles. The first-order valence-corrected chi connectivity index (χ1v) is 9.55. The molecule has 0 saturated heterocycles. The lowest BCUT2D eigenvalue weighted by Crippen LogP contribution is -2.31. The van der Waals surface area contributed by atoms with E-state index in [2.05, 4.69) is 10.6 Å². The van der Waals surface area contributed by atoms with Crippen molar-refractivity contribution in [2.75, 3.05) is 18.4 Å². The Morgan fingerprint density at radius 3 is 2.28 bits per heavy atom. The Hall–Kier alpha value is -2.99. The number of nitrogens with one attached hydrogen (secondary N) is 2. The SMILES string of the molecule is O=C(CNCC(O)c1ccccc1)Nc1ccc(Cl)cc1C(=O)c1ccccc1. The highest BCUT2D eigenvalue weighted by Crippen LogP contribution is 2.23. The summed E-state index contributed by atoms with van der Waals surface area (Å²) < 4.78 is 0. The second-order valence-corrected chi connectivity index (χ2v) is 6.93. The fourth-order valence-electron chi connectivity index (χ4n) is 2.87. The summed E-state index contributed by atoms with van der Waals surface area (Å²) in [4.78, 5) is 25.1. The third-order valence-electron chi connectivity index (χ3n) is 4.34. The molecule has 3 N–H and O–H groups in total. The molecule has 0 aliphatic carbocycles. The average Bonchev–Trinajstić information content (AvgIpc) is 2.75. The topological polar surface area (TPSA) is 78.4 Å². The number of halogens is 1. The van der Waals surface area contributed by atoms with Crippen LogP contribution in [0.15, 0.2) is 78.9 Å². The largest absolute Gasteiger partial charge is 0.387 e. The Bertz CT molecular complexity index is 978. The van der Waals surface area contributed by atoms with Gasteiger partial charge in [-0.05, 0) is 23.8 Å². The van der Waals surface area contributed by atoms with E-state index in [9.17, 15) is 14.7 Å². The summed E-state index contributed by atoms with van der Waals surface area (Å²) in [6, 6.07) is 22.8. The lowest BCUT2D eigenvalue weighted by atomic mass is 10.0. The van der Waals surface area contributed by atoms with Gasteiger partial charge in [0, 0.05) is 22.7 Å². The van der Waals surface area contributed by atoms with Crippen molar-refractivity contribution >= 4 is 29.0 Å². The molecule has 29 heavy (non-hydrogen) atoms. The maximum Gasteiger partial charge on any atom is 0.238 e. The number of carbonyl (C=O) groups is 2. The van der Waals surface area contributed by atoms with Crippen molar-refractivity contribution in [2.45, 2.75) is 6.10 Å². The van der Waals surface area contributed by atoms with E-state index < -0.39 is 6.10 Å². The molecule has 148 valence electrons. The quantitative estimate of drug-likeness (QED) is 0.495. The van der Waals surface area contributed by atoms with Crippen LogP contribution in [-0.2, 0) is 4.79 Å². The minimum Gasteiger partial charge on any atom is -0.387 e. The molecule has 0 heterocycles. The summed E-state index contributed by atoms with van der Waals surface area (Å²) in [7, 11) is 0. The molecule has 6 heteroatoms. The third-order valence-corrected chi connectivity index (χ3v) is 4.58. The molecule has 0 saturated carbocycles. The first kappa shape index (κ1) is 20.7. The maximum atomic E-state index is 12.8. The first-order valence-electron chi connectivity index (χ1n) is 9.17. The number of hydrogen-bond acceptors (Lipinski definition) is 4. The molecule has 5 nitrogen and oxygen atoms in total. The van der Waals surface area contributed by atoms with Crippen LogP contribution in [0.1, 0.15) is 27.6 Å². The molecule has 1 amide bonds. The van der Waals surface area contributed by atoms with E-state index in [0.717, 1.165) is 5.56 Å². The molecule has 0 aliphatic rings. The third kappa shape index (κ3) is 5.74. The van der Waals surface area contributed by atoms with Gasteiger partial charge in [0.1, 0.15) is 0 Å². The Morgan fingerprint density at radius 1 is 0.931 bits per heavy atom. The second kappa shape index (κ2) is 9.98. The van der Waals surface area contributed by atoms with E-state index in [0.29, 0.717) is 21.8 Å². The zero-order valence-electron chi connectivity index (χ0n) is 15.6. The molecule has 0 aliphatic heterocycles. The van der Waals surface area contributed by atoms with E-state index in [1.807, 2.05) is 36.4 Å². The van der Waals surface area contributed by atoms with Gasteiger partial charge in [-0.2, -0.15) is 0 Å². The number of rotatable bonds is 8. The lowest BCUT2D eigenvalue weighted by Gasteiger charge is -2.14. The number of benzene rings is 3. The van der Waals surface area contributed by atoms with Crippen LogP contribution in [0, 0.1) is 0 Å². The average molecular weight is 409 g/mol. The number of ketones is 1. The summed E-state index contributed by atoms with van der Waals surface area (Å²) in [5, 5.41) is 16.2. The van der Waals surface area contributed by atoms with Crippen LogP contribution in [0.2, 0.25) is 5.02 Å². The molecule has 3 rings (SSSR count). The summed E-state index contributed by atoms with van der Waals surface area (Å²) in [6.07, 6.45) is -0.713. The standard InChI is InChI=1S/C23H21ClN2O3/c24-18-11-12-20(19(13-18)23(29)17-9-5-2-6-10-17)26-22(28)15-25-14-21(27)16-7-3-1-4-8-16/h1-13,21,25,27H,14-15H2,(H,26,28). The summed E-state index contributed by atoms with van der Waals surface area (Å²) in [6.45, 7) is 0.222. The van der Waals surface area contributed by atoms with Gasteiger partial charge in [-0.1, -0.05) is 72.3 Å². The normalized spacial score (nSPS) is 11.7. The van der Waals surface area contributed by atoms with E-state index in [4.69, 9.17) is 11.6 Å². The van der Waals surface area contributed by atoms with Gasteiger partial charge in [-0.3, -0.25) is 9.59 Å². The van der Waals surface area contributed by atoms with Gasteiger partial charge < -0.3 is 15.7 Å². The smallest absolute Gasteiger partial charge is 0.238 e. The Labute approximate surface area is 174 Å². The Kier molecular flexibility index (Phi) is 7.14. The first-order chi connectivity index (χ1) is 14.0. The summed E-state index contributed by atoms with van der Waals surface area (Å²) in [5.41, 5.74) is 1.99. The molecule has 0 radical (unpaired) electrons. The van der Waals surface area contributed by atoms with Gasteiger partial charge >= 0.3 is 0 Å². The summed E-state index contributed by atoms with van der Waals surface area (Å²) in [5.74, 6) is -0.550. The Balaban J connectivity index is 1.62. The van der Waals surface area contributed by atoms with Crippen LogP contribution in [0.25, 0.3) is 0 Å². The molecule has 0 spiro atoms. The molecule has 3 aromatic rings. The molecule has 0 fully saturated rings. The van der Waals surface area contributed by atoms with Crippen molar-refractivity contribution in [1.29, 1.82) is 0 Å². The van der Waals surface area contributed by atoms with Crippen molar-refractivity contribution in [3.63, 3.8) is 0 Å². The van der Waals surface area contributed by atoms with Crippen molar-refractivity contribution in [2.24, 2.45) is 0 Å². The van der Waals surface area contributed by atoms with Gasteiger partial charge in [-0.25, -0.2) is 0 Å². The highest BCUT2D eigenvalue weighted by atomic mass is 35.5. The van der Waals surface area contributed by atoms with Crippen LogP contribution in [0.5, 0.6) is 0 Å². The zero-order valence-corrected chi connectivity index (χ0v) is 16.4. The minimum absolute atomic E-state index is 0.00844. The van der Waals surface area contributed by atoms with E-state index in [-0.39, 0.29) is 24.8 Å². The van der Waals surface area contributed by atoms with Crippen molar-refractivity contribution in [3.05, 3.63) is 101 Å². The van der Waals surface area contributed by atoms with Gasteiger partial charge in [0.05, 0.1) is 18.3 Å². The van der Waals surface area contributed by atoms with Crippen molar-refractivity contribution < 1.29 is 14.7 Å². The number of hydrogen-bond donors (Lipinski definition) is 3. The molecular weight excluding hydrogens is 388 g/mol. The van der Waals surface area contributed by atoms with Crippen LogP contribution in [0.4, 0.5) is 5.69 Å². The van der Waals surface area contributed by atoms with Crippen LogP contribution < -0.4 is 10.6 Å². The molecular formula is C23H21ClN2O3. The second-order valence-electron chi connectivity index (χ2n) is 6.49. The van der Waals surface area contributed by atoms with Gasteiger partial charge in [-0.15, -0.1) is 0 Å². The number of aliphatic hydroxyl groups is 1. The fraction of sp³-hybridized carbons (Fsp3) is 0.130. The predicted molar refractivity (Wildman–Crippen MR) is 114 cm³/mol. The maximum absolute atomic E-state index is 12.8. The lowest BCUT2D eigenvalue weighted by molar-refractivity contribution is -0.115. The predicted octanol–water partition coefficient (Wildman–Crippen LogP) is 3.83. The number of anilines is 1. The van der Waals surface area contributed by atoms with Gasteiger partial charge in [0.25, 0.3) is 0 Å². The number of amides is 1. The highest BCUT2D eigenvalue weighted by molar-refractivity contribution is 6.31. The minimum atomic E-state index is -0.713. The zero-order chi connectivity index (χ0) is 20.6.